The third kappa shape index (κ3) is 3.51. The molecule has 3 heterocycles. The minimum Gasteiger partial charge on any atom is -0.336 e. The molecule has 1 aliphatic carbocycles. The van der Waals surface area contributed by atoms with Crippen LogP contribution in [0, 0.1) is 6.92 Å². The van der Waals surface area contributed by atoms with E-state index in [9.17, 15) is 9.59 Å². The van der Waals surface area contributed by atoms with Crippen LogP contribution in [0.1, 0.15) is 64.8 Å². The van der Waals surface area contributed by atoms with Crippen LogP contribution in [-0.2, 0) is 4.79 Å². The third-order valence-corrected chi connectivity index (χ3v) is 7.27. The van der Waals surface area contributed by atoms with Gasteiger partial charge in [-0.3, -0.25) is 9.59 Å². The molecule has 2 saturated heterocycles. The predicted molar refractivity (Wildman–Crippen MR) is 102 cm³/mol. The highest BCUT2D eigenvalue weighted by Gasteiger charge is 2.33. The van der Waals surface area contributed by atoms with Gasteiger partial charge in [0.25, 0.3) is 5.91 Å². The van der Waals surface area contributed by atoms with Crippen LogP contribution in [0.2, 0.25) is 0 Å². The van der Waals surface area contributed by atoms with Crippen molar-refractivity contribution in [3.8, 4) is 0 Å². The first-order valence-electron chi connectivity index (χ1n) is 9.90. The number of nitrogens with one attached hydrogen (secondary N) is 1. The first kappa shape index (κ1) is 17.9. The van der Waals surface area contributed by atoms with Crippen molar-refractivity contribution in [3.05, 3.63) is 15.6 Å². The zero-order chi connectivity index (χ0) is 18.1. The van der Waals surface area contributed by atoms with Crippen LogP contribution in [0.4, 0.5) is 0 Å². The van der Waals surface area contributed by atoms with Crippen LogP contribution in [-0.4, -0.2) is 65.4 Å². The van der Waals surface area contributed by atoms with Gasteiger partial charge in [0.05, 0.1) is 17.2 Å². The van der Waals surface area contributed by atoms with E-state index in [2.05, 4.69) is 5.32 Å². The summed E-state index contributed by atoms with van der Waals surface area (Å²) in [6.07, 6.45) is 6.92. The third-order valence-electron chi connectivity index (χ3n) is 5.96. The van der Waals surface area contributed by atoms with E-state index in [1.165, 1.54) is 25.7 Å². The van der Waals surface area contributed by atoms with Gasteiger partial charge in [0.2, 0.25) is 5.91 Å². The van der Waals surface area contributed by atoms with Crippen LogP contribution < -0.4 is 5.32 Å². The van der Waals surface area contributed by atoms with Crippen molar-refractivity contribution in [3.63, 3.8) is 0 Å². The Hall–Kier alpha value is -1.47. The van der Waals surface area contributed by atoms with Crippen LogP contribution in [0.15, 0.2) is 0 Å². The summed E-state index contributed by atoms with van der Waals surface area (Å²) >= 11 is 1.60. The molecule has 1 aromatic rings. The Bertz CT molecular complexity index is 683. The second-order valence-corrected chi connectivity index (χ2v) is 8.79. The number of rotatable bonds is 3. The summed E-state index contributed by atoms with van der Waals surface area (Å²) in [6.45, 7) is 5.41. The Labute approximate surface area is 159 Å². The van der Waals surface area contributed by atoms with Gasteiger partial charge in [0, 0.05) is 38.1 Å². The van der Waals surface area contributed by atoms with E-state index in [1.54, 1.807) is 11.3 Å². The summed E-state index contributed by atoms with van der Waals surface area (Å²) in [7, 11) is 0. The lowest BCUT2D eigenvalue weighted by Gasteiger charge is -2.41. The molecule has 1 saturated carbocycles. The second kappa shape index (κ2) is 7.64. The number of thiazole rings is 1. The van der Waals surface area contributed by atoms with Crippen LogP contribution in [0.25, 0.3) is 0 Å². The fourth-order valence-electron chi connectivity index (χ4n) is 4.51. The van der Waals surface area contributed by atoms with Crippen LogP contribution in [0.5, 0.6) is 0 Å². The molecule has 0 bridgehead atoms. The van der Waals surface area contributed by atoms with Crippen molar-refractivity contribution in [1.82, 2.24) is 20.1 Å². The number of hydrogen-bond donors (Lipinski definition) is 1. The van der Waals surface area contributed by atoms with Gasteiger partial charge in [-0.15, -0.1) is 11.3 Å². The summed E-state index contributed by atoms with van der Waals surface area (Å²) in [4.78, 5) is 34.8. The Kier molecular flexibility index (Phi) is 5.27. The number of aryl methyl sites for hydroxylation is 1. The minimum atomic E-state index is 0.108. The van der Waals surface area contributed by atoms with E-state index in [4.69, 9.17) is 4.98 Å². The summed E-state index contributed by atoms with van der Waals surface area (Å²) < 4.78 is 0. The molecule has 6 nitrogen and oxygen atoms in total. The average Bonchev–Trinajstić information content (AvgIpc) is 3.31. The van der Waals surface area contributed by atoms with Crippen LogP contribution >= 0.6 is 11.3 Å². The van der Waals surface area contributed by atoms with E-state index in [-0.39, 0.29) is 17.9 Å². The Morgan fingerprint density at radius 1 is 1.19 bits per heavy atom. The van der Waals surface area contributed by atoms with Crippen molar-refractivity contribution in [1.29, 1.82) is 0 Å². The Morgan fingerprint density at radius 2 is 2.00 bits per heavy atom. The molecule has 1 atom stereocenters. The molecular formula is C19H28N4O2S. The molecule has 2 aliphatic heterocycles. The number of likely N-dealkylation sites (tertiary alicyclic amines) is 1. The van der Waals surface area contributed by atoms with E-state index in [0.29, 0.717) is 19.0 Å². The first-order chi connectivity index (χ1) is 12.6. The number of piperidine rings is 1. The number of amides is 2. The van der Waals surface area contributed by atoms with E-state index in [0.717, 1.165) is 48.1 Å². The van der Waals surface area contributed by atoms with Crippen LogP contribution in [0.3, 0.4) is 0 Å². The summed E-state index contributed by atoms with van der Waals surface area (Å²) in [5, 5.41) is 4.27. The molecule has 0 aromatic carbocycles. The molecule has 142 valence electrons. The molecule has 4 rings (SSSR count). The molecule has 2 amide bonds. The lowest BCUT2D eigenvalue weighted by Crippen LogP contribution is -2.57. The zero-order valence-corrected chi connectivity index (χ0v) is 16.3. The molecule has 7 heteroatoms. The molecule has 1 aromatic heterocycles. The summed E-state index contributed by atoms with van der Waals surface area (Å²) in [5.41, 5.74) is 0.877. The van der Waals surface area contributed by atoms with Crippen molar-refractivity contribution in [2.45, 2.75) is 57.4 Å². The van der Waals surface area contributed by atoms with Gasteiger partial charge in [0.1, 0.15) is 4.88 Å². The molecule has 0 spiro atoms. The number of hydrogen-bond acceptors (Lipinski definition) is 5. The predicted octanol–water partition coefficient (Wildman–Crippen LogP) is 2.15. The largest absolute Gasteiger partial charge is 0.336 e. The molecule has 1 unspecified atom stereocenters. The fraction of sp³-hybridized carbons (Fsp3) is 0.737. The minimum absolute atomic E-state index is 0.108. The van der Waals surface area contributed by atoms with Crippen molar-refractivity contribution >= 4 is 23.2 Å². The van der Waals surface area contributed by atoms with Gasteiger partial charge >= 0.3 is 0 Å². The Morgan fingerprint density at radius 3 is 2.77 bits per heavy atom. The van der Waals surface area contributed by atoms with Crippen molar-refractivity contribution in [2.75, 3.05) is 32.7 Å². The molecule has 0 radical (unpaired) electrons. The number of nitrogens with zero attached hydrogens (tertiary/aromatic N) is 3. The van der Waals surface area contributed by atoms with Gasteiger partial charge in [0.15, 0.2) is 0 Å². The number of carbonyl (C=O) groups excluding carboxylic acids is 2. The standard InChI is InChI=1S/C19H28N4O2S/c1-13-17(26-18(21-13)14-5-2-3-6-14)19(25)22-9-4-7-15(12-22)23-10-8-20-11-16(23)24/h14-15,20H,2-12H2,1H3. The lowest BCUT2D eigenvalue weighted by atomic mass is 10.0. The van der Waals surface area contributed by atoms with Gasteiger partial charge < -0.3 is 15.1 Å². The molecule has 3 fully saturated rings. The zero-order valence-electron chi connectivity index (χ0n) is 15.5. The second-order valence-electron chi connectivity index (χ2n) is 7.76. The average molecular weight is 377 g/mol. The van der Waals surface area contributed by atoms with Gasteiger partial charge in [-0.25, -0.2) is 4.98 Å². The quantitative estimate of drug-likeness (QED) is 0.878. The highest BCUT2D eigenvalue weighted by Crippen LogP contribution is 2.37. The fourth-order valence-corrected chi connectivity index (χ4v) is 5.71. The van der Waals surface area contributed by atoms with Crippen molar-refractivity contribution < 1.29 is 9.59 Å². The van der Waals surface area contributed by atoms with E-state index < -0.39 is 0 Å². The van der Waals surface area contributed by atoms with Gasteiger partial charge in [-0.1, -0.05) is 12.8 Å². The van der Waals surface area contributed by atoms with E-state index >= 15 is 0 Å². The summed E-state index contributed by atoms with van der Waals surface area (Å²) in [5.74, 6) is 0.817. The van der Waals surface area contributed by atoms with Crippen molar-refractivity contribution in [2.24, 2.45) is 0 Å². The Balaban J connectivity index is 1.46. The smallest absolute Gasteiger partial charge is 0.265 e. The van der Waals surface area contributed by atoms with Gasteiger partial charge in [-0.2, -0.15) is 0 Å². The molecule has 3 aliphatic rings. The topological polar surface area (TPSA) is 65.5 Å². The lowest BCUT2D eigenvalue weighted by molar-refractivity contribution is -0.135. The number of carbonyl (C=O) groups is 2. The maximum absolute atomic E-state index is 13.1. The number of piperazine rings is 1. The maximum Gasteiger partial charge on any atom is 0.265 e. The van der Waals surface area contributed by atoms with E-state index in [1.807, 2.05) is 16.7 Å². The monoisotopic (exact) mass is 376 g/mol. The normalized spacial score (nSPS) is 25.1. The number of aromatic nitrogens is 1. The summed E-state index contributed by atoms with van der Waals surface area (Å²) in [6, 6.07) is 0.157. The highest BCUT2D eigenvalue weighted by molar-refractivity contribution is 7.13. The van der Waals surface area contributed by atoms with Gasteiger partial charge in [-0.05, 0) is 32.6 Å². The molecule has 1 N–H and O–H groups in total. The highest BCUT2D eigenvalue weighted by atomic mass is 32.1. The molecular weight excluding hydrogens is 348 g/mol. The first-order valence-corrected chi connectivity index (χ1v) is 10.7. The molecule has 26 heavy (non-hydrogen) atoms. The maximum atomic E-state index is 13.1. The SMILES string of the molecule is Cc1nc(C2CCCC2)sc1C(=O)N1CCCC(N2CCNCC2=O)C1.